The average molecular weight is 175 g/mol. The Morgan fingerprint density at radius 1 is 1.50 bits per heavy atom. The van der Waals surface area contributed by atoms with E-state index in [1.807, 2.05) is 0 Å². The topological polar surface area (TPSA) is 78.3 Å². The first-order chi connectivity index (χ1) is 5.72. The van der Waals surface area contributed by atoms with E-state index in [-0.39, 0.29) is 5.97 Å². The molecular formula is C8H18N2O2. The molecule has 0 aliphatic rings. The fourth-order valence-corrected chi connectivity index (χ4v) is 0.876. The van der Waals surface area contributed by atoms with E-state index in [0.717, 1.165) is 12.8 Å². The molecule has 0 bridgehead atoms. The van der Waals surface area contributed by atoms with Crippen molar-refractivity contribution in [2.24, 2.45) is 11.5 Å². The fraction of sp³-hybridized carbons (Fsp3) is 0.875. The summed E-state index contributed by atoms with van der Waals surface area (Å²) in [6.45, 7) is 2.81. The van der Waals surface area contributed by atoms with Crippen LogP contribution in [0.5, 0.6) is 0 Å². The molecule has 0 aromatic carbocycles. The minimum Gasteiger partial charge on any atom is -0.465 e. The van der Waals surface area contributed by atoms with Gasteiger partial charge in [0.15, 0.2) is 0 Å². The summed E-state index contributed by atoms with van der Waals surface area (Å²) in [6.07, 6.45) is 2.46. The Kier molecular flexibility index (Phi) is 6.70. The third-order valence-electron chi connectivity index (χ3n) is 1.56. The van der Waals surface area contributed by atoms with Crippen molar-refractivity contribution in [2.75, 3.05) is 13.2 Å². The highest BCUT2D eigenvalue weighted by Crippen LogP contribution is 1.99. The first-order valence-electron chi connectivity index (χ1n) is 4.34. The van der Waals surface area contributed by atoms with Crippen LogP contribution >= 0.6 is 0 Å². The van der Waals surface area contributed by atoms with Crippen LogP contribution in [0.25, 0.3) is 0 Å². The Hall–Kier alpha value is -0.610. The summed E-state index contributed by atoms with van der Waals surface area (Å²) in [5, 5.41) is 0. The normalized spacial score (nSPS) is 12.6. The summed E-state index contributed by atoms with van der Waals surface area (Å²) in [6, 6.07) is -0.475. The molecule has 0 radical (unpaired) electrons. The lowest BCUT2D eigenvalue weighted by molar-refractivity contribution is -0.144. The highest BCUT2D eigenvalue weighted by atomic mass is 16.5. The van der Waals surface area contributed by atoms with E-state index in [9.17, 15) is 4.79 Å². The molecule has 72 valence electrons. The van der Waals surface area contributed by atoms with Gasteiger partial charge in [-0.1, -0.05) is 6.42 Å². The molecule has 0 aromatic heterocycles. The maximum atomic E-state index is 11.0. The molecule has 4 heteroatoms. The van der Waals surface area contributed by atoms with Crippen LogP contribution in [0.15, 0.2) is 0 Å². The third-order valence-corrected chi connectivity index (χ3v) is 1.56. The Morgan fingerprint density at radius 3 is 2.67 bits per heavy atom. The van der Waals surface area contributed by atoms with Crippen molar-refractivity contribution in [3.63, 3.8) is 0 Å². The number of nitrogens with two attached hydrogens (primary N) is 2. The van der Waals surface area contributed by atoms with Crippen LogP contribution in [0.1, 0.15) is 26.2 Å². The van der Waals surface area contributed by atoms with Crippen LogP contribution in [0.3, 0.4) is 0 Å². The van der Waals surface area contributed by atoms with Gasteiger partial charge in [-0.3, -0.25) is 4.79 Å². The smallest absolute Gasteiger partial charge is 0.322 e. The van der Waals surface area contributed by atoms with E-state index in [2.05, 4.69) is 0 Å². The molecule has 0 aliphatic heterocycles. The van der Waals surface area contributed by atoms with Gasteiger partial charge in [0.25, 0.3) is 0 Å². The van der Waals surface area contributed by atoms with E-state index < -0.39 is 6.04 Å². The van der Waals surface area contributed by atoms with Crippen LogP contribution in [0.4, 0.5) is 0 Å². The molecule has 0 aliphatic carbocycles. The van der Waals surface area contributed by atoms with Crippen LogP contribution in [0.2, 0.25) is 0 Å². The maximum Gasteiger partial charge on any atom is 0.322 e. The molecule has 0 fully saturated rings. The lowest BCUT2D eigenvalue weighted by Gasteiger charge is -2.09. The summed E-state index contributed by atoms with van der Waals surface area (Å²) < 4.78 is 4.74. The predicted molar refractivity (Wildman–Crippen MR) is 47.5 cm³/mol. The van der Waals surface area contributed by atoms with Crippen molar-refractivity contribution < 1.29 is 9.53 Å². The summed E-state index contributed by atoms with van der Waals surface area (Å²) in [4.78, 5) is 11.0. The first kappa shape index (κ1) is 11.4. The SMILES string of the molecule is CCOC(=O)[C@@H](N)C[13CH2]CCN. The molecule has 0 amide bonds. The van der Waals surface area contributed by atoms with E-state index >= 15 is 0 Å². The lowest BCUT2D eigenvalue weighted by Crippen LogP contribution is -2.32. The van der Waals surface area contributed by atoms with Crippen molar-refractivity contribution in [3.05, 3.63) is 0 Å². The van der Waals surface area contributed by atoms with Crippen LogP contribution in [-0.2, 0) is 9.53 Å². The molecular weight excluding hydrogens is 157 g/mol. The zero-order valence-electron chi connectivity index (χ0n) is 7.58. The minimum absolute atomic E-state index is 0.311. The zero-order chi connectivity index (χ0) is 9.40. The van der Waals surface area contributed by atoms with Gasteiger partial charge in [0.05, 0.1) is 6.61 Å². The van der Waals surface area contributed by atoms with Gasteiger partial charge in [0.1, 0.15) is 6.04 Å². The summed E-state index contributed by atoms with van der Waals surface area (Å²) >= 11 is 0. The number of carbonyl (C=O) groups excluding carboxylic acids is 1. The van der Waals surface area contributed by atoms with Crippen LogP contribution in [0, 0.1) is 0 Å². The fourth-order valence-electron chi connectivity index (χ4n) is 0.876. The average Bonchev–Trinajstić information content (AvgIpc) is 2.05. The van der Waals surface area contributed by atoms with Gasteiger partial charge in [0.2, 0.25) is 0 Å². The monoisotopic (exact) mass is 175 g/mol. The van der Waals surface area contributed by atoms with Crippen molar-refractivity contribution in [1.82, 2.24) is 0 Å². The molecule has 1 atom stereocenters. The Bertz CT molecular complexity index is 128. The van der Waals surface area contributed by atoms with Gasteiger partial charge in [-0.05, 0) is 26.3 Å². The van der Waals surface area contributed by atoms with E-state index in [0.29, 0.717) is 19.6 Å². The van der Waals surface area contributed by atoms with Gasteiger partial charge in [-0.2, -0.15) is 0 Å². The number of hydrogen-bond acceptors (Lipinski definition) is 4. The van der Waals surface area contributed by atoms with Gasteiger partial charge < -0.3 is 16.2 Å². The maximum absolute atomic E-state index is 11.0. The second kappa shape index (κ2) is 7.06. The highest BCUT2D eigenvalue weighted by Gasteiger charge is 2.12. The van der Waals surface area contributed by atoms with Crippen molar-refractivity contribution >= 4 is 5.97 Å². The summed E-state index contributed by atoms with van der Waals surface area (Å²) in [5.74, 6) is -0.311. The predicted octanol–water partition coefficient (Wildman–Crippen LogP) is 0.00580. The molecule has 0 saturated carbocycles. The zero-order valence-corrected chi connectivity index (χ0v) is 7.58. The Labute approximate surface area is 73.2 Å². The molecule has 4 nitrogen and oxygen atoms in total. The third kappa shape index (κ3) is 5.09. The second-order valence-corrected chi connectivity index (χ2v) is 2.64. The van der Waals surface area contributed by atoms with Crippen molar-refractivity contribution in [3.8, 4) is 0 Å². The largest absolute Gasteiger partial charge is 0.465 e. The van der Waals surface area contributed by atoms with E-state index in [4.69, 9.17) is 16.2 Å². The lowest BCUT2D eigenvalue weighted by atomic mass is 10.2. The Balaban J connectivity index is 3.42. The highest BCUT2D eigenvalue weighted by molar-refractivity contribution is 5.75. The number of esters is 1. The van der Waals surface area contributed by atoms with Crippen LogP contribution in [-0.4, -0.2) is 25.2 Å². The summed E-state index contributed by atoms with van der Waals surface area (Å²) in [7, 11) is 0. The van der Waals surface area contributed by atoms with Gasteiger partial charge in [-0.25, -0.2) is 0 Å². The van der Waals surface area contributed by atoms with Gasteiger partial charge in [0, 0.05) is 0 Å². The number of hydrogen-bond donors (Lipinski definition) is 2. The van der Waals surface area contributed by atoms with E-state index in [1.165, 1.54) is 0 Å². The molecule has 0 unspecified atom stereocenters. The summed E-state index contributed by atoms with van der Waals surface area (Å²) in [5.41, 5.74) is 10.8. The number of unbranched alkanes of at least 4 members (excludes halogenated alkanes) is 1. The van der Waals surface area contributed by atoms with Gasteiger partial charge in [-0.15, -0.1) is 0 Å². The molecule has 12 heavy (non-hydrogen) atoms. The standard InChI is InChI=1S/C8H18N2O2/c1-2-12-8(11)7(10)5-3-4-6-9/h7H,2-6,9-10H2,1H3/t7-/m0/s1/i3+1. The molecule has 0 rings (SSSR count). The minimum atomic E-state index is -0.475. The molecule has 4 N–H and O–H groups in total. The number of ether oxygens (including phenoxy) is 1. The molecule has 0 spiro atoms. The quantitative estimate of drug-likeness (QED) is 0.338. The first-order valence-corrected chi connectivity index (χ1v) is 4.34. The van der Waals surface area contributed by atoms with Crippen LogP contribution < -0.4 is 11.5 Å². The van der Waals surface area contributed by atoms with Gasteiger partial charge >= 0.3 is 5.97 Å². The molecule has 0 heterocycles. The molecule has 0 saturated heterocycles. The van der Waals surface area contributed by atoms with Crippen molar-refractivity contribution in [2.45, 2.75) is 32.2 Å². The number of rotatable bonds is 6. The Morgan fingerprint density at radius 2 is 2.17 bits per heavy atom. The second-order valence-electron chi connectivity index (χ2n) is 2.64. The van der Waals surface area contributed by atoms with Crippen molar-refractivity contribution in [1.29, 1.82) is 0 Å². The number of carbonyl (C=O) groups is 1. The van der Waals surface area contributed by atoms with E-state index in [1.54, 1.807) is 6.92 Å². The molecule has 0 aromatic rings.